The van der Waals surface area contributed by atoms with Crippen LogP contribution in [0.4, 0.5) is 0 Å². The number of nitrogens with one attached hydrogen (secondary N) is 1. The summed E-state index contributed by atoms with van der Waals surface area (Å²) in [5, 5.41) is 12.8. The Morgan fingerprint density at radius 3 is 2.69 bits per heavy atom. The lowest BCUT2D eigenvalue weighted by molar-refractivity contribution is 0.00949. The number of oxazole rings is 1. The number of rotatable bonds is 10. The van der Waals surface area contributed by atoms with Gasteiger partial charge in [0.15, 0.2) is 5.69 Å². The van der Waals surface area contributed by atoms with Crippen LogP contribution in [0.1, 0.15) is 43.6 Å². The molecule has 1 fully saturated rings. The predicted octanol–water partition coefficient (Wildman–Crippen LogP) is 0.718. The zero-order valence-electron chi connectivity index (χ0n) is 16.1. The van der Waals surface area contributed by atoms with Crippen molar-refractivity contribution in [3.05, 3.63) is 17.8 Å². The molecule has 1 aromatic heterocycles. The quantitative estimate of drug-likeness (QED) is 0.629. The Hall–Kier alpha value is -1.48. The van der Waals surface area contributed by atoms with Crippen LogP contribution in [0, 0.1) is 0 Å². The van der Waals surface area contributed by atoms with Gasteiger partial charge in [-0.15, -0.1) is 0 Å². The van der Waals surface area contributed by atoms with Gasteiger partial charge in [-0.3, -0.25) is 14.6 Å². The van der Waals surface area contributed by atoms with Crippen LogP contribution in [0.3, 0.4) is 0 Å². The molecule has 2 rings (SSSR count). The minimum absolute atomic E-state index is 0.119. The second kappa shape index (κ2) is 10.6. The number of hydrogen-bond donors (Lipinski definition) is 2. The normalized spacial score (nSPS) is 18.6. The molecule has 0 unspecified atom stereocenters. The zero-order valence-corrected chi connectivity index (χ0v) is 16.1. The maximum Gasteiger partial charge on any atom is 0.273 e. The van der Waals surface area contributed by atoms with E-state index in [-0.39, 0.29) is 11.9 Å². The smallest absolute Gasteiger partial charge is 0.273 e. The monoisotopic (exact) mass is 368 g/mol. The van der Waals surface area contributed by atoms with Crippen LogP contribution in [0.2, 0.25) is 0 Å². The molecule has 2 heterocycles. The van der Waals surface area contributed by atoms with Gasteiger partial charge in [0, 0.05) is 45.4 Å². The van der Waals surface area contributed by atoms with Crippen LogP contribution in [-0.4, -0.2) is 83.9 Å². The molecule has 2 atom stereocenters. The van der Waals surface area contributed by atoms with E-state index in [0.29, 0.717) is 37.9 Å². The van der Waals surface area contributed by atoms with Crippen LogP contribution < -0.4 is 5.32 Å². The van der Waals surface area contributed by atoms with Gasteiger partial charge in [0.1, 0.15) is 6.26 Å². The zero-order chi connectivity index (χ0) is 18.9. The van der Waals surface area contributed by atoms with E-state index in [0.717, 1.165) is 32.6 Å². The molecule has 1 saturated heterocycles. The maximum absolute atomic E-state index is 12.1. The number of hydrogen-bond acceptors (Lipinski definition) is 7. The van der Waals surface area contributed by atoms with Crippen LogP contribution in [0.5, 0.6) is 0 Å². The van der Waals surface area contributed by atoms with E-state index in [9.17, 15) is 9.90 Å². The Labute approximate surface area is 155 Å². The number of nitrogens with zero attached hydrogens (tertiary/aromatic N) is 3. The Kier molecular flexibility index (Phi) is 8.50. The van der Waals surface area contributed by atoms with Gasteiger partial charge >= 0.3 is 0 Å². The summed E-state index contributed by atoms with van der Waals surface area (Å²) in [6, 6.07) is 0.119. The molecule has 0 bridgehead atoms. The summed E-state index contributed by atoms with van der Waals surface area (Å²) in [6.45, 7) is 11.6. The molecule has 148 valence electrons. The Balaban J connectivity index is 1.73. The first kappa shape index (κ1) is 20.8. The first-order chi connectivity index (χ1) is 12.5. The van der Waals surface area contributed by atoms with Gasteiger partial charge in [-0.1, -0.05) is 6.92 Å². The maximum atomic E-state index is 12.1. The molecule has 0 saturated carbocycles. The minimum Gasteiger partial charge on any atom is -0.447 e. The topological polar surface area (TPSA) is 91.1 Å². The fraction of sp³-hybridized carbons (Fsp3) is 0.778. The molecular formula is C18H32N4O4. The third kappa shape index (κ3) is 6.68. The molecule has 1 aliphatic rings. The summed E-state index contributed by atoms with van der Waals surface area (Å²) in [6.07, 6.45) is 1.85. The third-order valence-electron chi connectivity index (χ3n) is 4.58. The third-order valence-corrected chi connectivity index (χ3v) is 4.58. The van der Waals surface area contributed by atoms with Gasteiger partial charge in [-0.2, -0.15) is 0 Å². The van der Waals surface area contributed by atoms with Crippen molar-refractivity contribution in [2.24, 2.45) is 0 Å². The Morgan fingerprint density at radius 1 is 1.35 bits per heavy atom. The Morgan fingerprint density at radius 2 is 2.04 bits per heavy atom. The fourth-order valence-corrected chi connectivity index (χ4v) is 2.81. The second-order valence-corrected chi connectivity index (χ2v) is 6.80. The summed E-state index contributed by atoms with van der Waals surface area (Å²) in [4.78, 5) is 20.8. The predicted molar refractivity (Wildman–Crippen MR) is 97.9 cm³/mol. The minimum atomic E-state index is -0.445. The number of carbonyl (C=O) groups excluding carboxylic acids is 1. The molecule has 0 radical (unpaired) electrons. The average Bonchev–Trinajstić information content (AvgIpc) is 3.10. The van der Waals surface area contributed by atoms with E-state index < -0.39 is 6.10 Å². The van der Waals surface area contributed by atoms with Crippen molar-refractivity contribution < 1.29 is 19.1 Å². The standard InChI is InChI=1S/C18H32N4O4/c1-4-14(3)19-18(24)16-13-26-17(20-16)11-22-8-6-21(7-9-22)10-15(23)12-25-5-2/h13-15,23H,4-12H2,1-3H3,(H,19,24)/t14-,15-/m0/s1. The lowest BCUT2D eigenvalue weighted by Gasteiger charge is -2.34. The highest BCUT2D eigenvalue weighted by Crippen LogP contribution is 2.10. The molecule has 8 heteroatoms. The number of ether oxygens (including phenoxy) is 1. The van der Waals surface area contributed by atoms with Gasteiger partial charge in [-0.05, 0) is 20.3 Å². The molecule has 1 aromatic rings. The van der Waals surface area contributed by atoms with Crippen LogP contribution in [0.25, 0.3) is 0 Å². The van der Waals surface area contributed by atoms with E-state index in [1.807, 2.05) is 20.8 Å². The number of amides is 1. The Bertz CT molecular complexity index is 543. The van der Waals surface area contributed by atoms with E-state index >= 15 is 0 Å². The van der Waals surface area contributed by atoms with Gasteiger partial charge in [0.25, 0.3) is 5.91 Å². The largest absolute Gasteiger partial charge is 0.447 e. The lowest BCUT2D eigenvalue weighted by Crippen LogP contribution is -2.48. The van der Waals surface area contributed by atoms with Crippen molar-refractivity contribution in [3.63, 3.8) is 0 Å². The molecule has 8 nitrogen and oxygen atoms in total. The summed E-state index contributed by atoms with van der Waals surface area (Å²) < 4.78 is 10.7. The van der Waals surface area contributed by atoms with Crippen molar-refractivity contribution in [2.45, 2.75) is 45.9 Å². The number of aromatic nitrogens is 1. The molecule has 1 amide bonds. The number of aliphatic hydroxyl groups excluding tert-OH is 1. The van der Waals surface area contributed by atoms with Crippen molar-refractivity contribution >= 4 is 5.91 Å². The molecule has 1 aliphatic heterocycles. The van der Waals surface area contributed by atoms with Crippen molar-refractivity contribution in [2.75, 3.05) is 45.9 Å². The summed E-state index contributed by atoms with van der Waals surface area (Å²) in [7, 11) is 0. The van der Waals surface area contributed by atoms with Gasteiger partial charge < -0.3 is 19.6 Å². The van der Waals surface area contributed by atoms with Crippen molar-refractivity contribution in [3.8, 4) is 0 Å². The number of aliphatic hydroxyl groups is 1. The van der Waals surface area contributed by atoms with Gasteiger partial charge in [0.05, 0.1) is 19.3 Å². The highest BCUT2D eigenvalue weighted by atomic mass is 16.5. The lowest BCUT2D eigenvalue weighted by atomic mass is 10.2. The number of piperazine rings is 1. The number of β-amino-alcohol motifs (C(OH)–C–C–N with tert-alkyl or cyclic N) is 1. The molecule has 0 spiro atoms. The fourth-order valence-electron chi connectivity index (χ4n) is 2.81. The molecular weight excluding hydrogens is 336 g/mol. The highest BCUT2D eigenvalue weighted by molar-refractivity contribution is 5.92. The molecule has 0 aromatic carbocycles. The molecule has 2 N–H and O–H groups in total. The van der Waals surface area contributed by atoms with Crippen LogP contribution >= 0.6 is 0 Å². The van der Waals surface area contributed by atoms with Gasteiger partial charge in [0.2, 0.25) is 5.89 Å². The van der Waals surface area contributed by atoms with E-state index in [1.165, 1.54) is 6.26 Å². The molecule has 0 aliphatic carbocycles. The van der Waals surface area contributed by atoms with E-state index in [1.54, 1.807) is 0 Å². The SMILES string of the molecule is CCOC[C@@H](O)CN1CCN(Cc2nc(C(=O)N[C@@H](C)CC)co2)CC1. The van der Waals surface area contributed by atoms with E-state index in [4.69, 9.17) is 9.15 Å². The first-order valence-corrected chi connectivity index (χ1v) is 9.47. The number of carbonyl (C=O) groups is 1. The van der Waals surface area contributed by atoms with Gasteiger partial charge in [-0.25, -0.2) is 4.98 Å². The van der Waals surface area contributed by atoms with Crippen LogP contribution in [0.15, 0.2) is 10.7 Å². The highest BCUT2D eigenvalue weighted by Gasteiger charge is 2.21. The summed E-state index contributed by atoms with van der Waals surface area (Å²) in [5.74, 6) is 0.367. The van der Waals surface area contributed by atoms with Crippen LogP contribution in [-0.2, 0) is 11.3 Å². The van der Waals surface area contributed by atoms with E-state index in [2.05, 4.69) is 20.1 Å². The average molecular weight is 368 g/mol. The van der Waals surface area contributed by atoms with Crippen molar-refractivity contribution in [1.29, 1.82) is 0 Å². The second-order valence-electron chi connectivity index (χ2n) is 6.80. The van der Waals surface area contributed by atoms with Crippen molar-refractivity contribution in [1.82, 2.24) is 20.1 Å². The summed E-state index contributed by atoms with van der Waals surface area (Å²) in [5.41, 5.74) is 0.331. The molecule has 26 heavy (non-hydrogen) atoms. The summed E-state index contributed by atoms with van der Waals surface area (Å²) >= 11 is 0. The first-order valence-electron chi connectivity index (χ1n) is 9.47.